The van der Waals surface area contributed by atoms with Crippen LogP contribution in [0.1, 0.15) is 23.4 Å². The van der Waals surface area contributed by atoms with Crippen molar-refractivity contribution in [2.24, 2.45) is 0 Å². The summed E-state index contributed by atoms with van der Waals surface area (Å²) in [5.74, 6) is 0. The lowest BCUT2D eigenvalue weighted by molar-refractivity contribution is -0.0278. The lowest BCUT2D eigenvalue weighted by atomic mass is 10.2. The van der Waals surface area contributed by atoms with Gasteiger partial charge in [-0.1, -0.05) is 30.3 Å². The van der Waals surface area contributed by atoms with Gasteiger partial charge < -0.3 is 19.7 Å². The highest BCUT2D eigenvalue weighted by Gasteiger charge is 2.25. The molecule has 1 aliphatic rings. The number of ether oxygens (including phenoxy) is 2. The number of halogens is 1. The summed E-state index contributed by atoms with van der Waals surface area (Å²) in [6.45, 7) is 4.75. The van der Waals surface area contributed by atoms with Crippen molar-refractivity contribution in [3.8, 4) is 0 Å². The number of nitrogens with zero attached hydrogens (tertiary/aromatic N) is 1. The highest BCUT2D eigenvalue weighted by molar-refractivity contribution is 9.10. The second kappa shape index (κ2) is 9.50. The molecule has 3 rings (SSSR count). The van der Waals surface area contributed by atoms with E-state index >= 15 is 0 Å². The summed E-state index contributed by atoms with van der Waals surface area (Å²) < 4.78 is 12.3. The Labute approximate surface area is 166 Å². The average molecular weight is 439 g/mol. The fraction of sp³-hybridized carbons (Fsp3) is 0.421. The molecule has 0 aliphatic carbocycles. The first-order chi connectivity index (χ1) is 12.6. The normalized spacial score (nSPS) is 18.5. The first kappa shape index (κ1) is 19.4. The van der Waals surface area contributed by atoms with Gasteiger partial charge in [0.05, 0.1) is 19.3 Å². The molecule has 1 aromatic carbocycles. The van der Waals surface area contributed by atoms with Crippen LogP contribution in [-0.4, -0.2) is 43.3 Å². The van der Waals surface area contributed by atoms with Crippen molar-refractivity contribution in [1.29, 1.82) is 0 Å². The minimum atomic E-state index is -0.281. The van der Waals surface area contributed by atoms with E-state index < -0.39 is 0 Å². The van der Waals surface area contributed by atoms with Crippen LogP contribution in [0.3, 0.4) is 0 Å². The van der Waals surface area contributed by atoms with Crippen molar-refractivity contribution in [2.75, 3.05) is 26.2 Å². The number of hydrogen-bond donors (Lipinski definition) is 1. The molecule has 1 aliphatic heterocycles. The van der Waals surface area contributed by atoms with Crippen molar-refractivity contribution in [3.63, 3.8) is 0 Å². The Morgan fingerprint density at radius 2 is 2.23 bits per heavy atom. The number of carbonyl (C=O) groups is 1. The van der Waals surface area contributed by atoms with Gasteiger partial charge in [0.15, 0.2) is 0 Å². The molecule has 1 amide bonds. The Morgan fingerprint density at radius 3 is 2.96 bits per heavy atom. The summed E-state index contributed by atoms with van der Waals surface area (Å²) in [6, 6.07) is 12.0. The third-order valence-corrected chi connectivity index (χ3v) is 6.35. The molecule has 1 fully saturated rings. The van der Waals surface area contributed by atoms with Gasteiger partial charge in [-0.3, -0.25) is 0 Å². The molecule has 1 aromatic heterocycles. The molecular weight excluding hydrogens is 416 g/mol. The zero-order valence-corrected chi connectivity index (χ0v) is 17.1. The summed E-state index contributed by atoms with van der Waals surface area (Å²) in [6.07, 6.45) is -0.314. The molecule has 2 unspecified atom stereocenters. The molecule has 26 heavy (non-hydrogen) atoms. The molecule has 0 spiro atoms. The SMILES string of the molecule is CC(NCC1CN(C(=O)OCc2ccccc2)CCO1)c1sccc1Br. The third-order valence-electron chi connectivity index (χ3n) is 4.29. The molecule has 2 aromatic rings. The maximum atomic E-state index is 12.3. The highest BCUT2D eigenvalue weighted by Crippen LogP contribution is 2.28. The molecule has 1 saturated heterocycles. The van der Waals surface area contributed by atoms with E-state index in [-0.39, 0.29) is 18.2 Å². The molecule has 0 saturated carbocycles. The predicted molar refractivity (Wildman–Crippen MR) is 106 cm³/mol. The van der Waals surface area contributed by atoms with E-state index in [0.717, 1.165) is 10.0 Å². The van der Waals surface area contributed by atoms with Gasteiger partial charge in [0, 0.05) is 28.5 Å². The smallest absolute Gasteiger partial charge is 0.410 e. The molecule has 140 valence electrons. The van der Waals surface area contributed by atoms with Crippen molar-refractivity contribution in [2.45, 2.75) is 25.7 Å². The molecular formula is C19H23BrN2O3S. The zero-order chi connectivity index (χ0) is 18.4. The van der Waals surface area contributed by atoms with Crippen LogP contribution in [0, 0.1) is 0 Å². The molecule has 1 N–H and O–H groups in total. The monoisotopic (exact) mass is 438 g/mol. The van der Waals surface area contributed by atoms with Crippen LogP contribution in [0.2, 0.25) is 0 Å². The Morgan fingerprint density at radius 1 is 1.42 bits per heavy atom. The van der Waals surface area contributed by atoms with Gasteiger partial charge in [0.1, 0.15) is 6.61 Å². The van der Waals surface area contributed by atoms with Crippen LogP contribution in [0.25, 0.3) is 0 Å². The number of carbonyl (C=O) groups excluding carboxylic acids is 1. The van der Waals surface area contributed by atoms with Crippen LogP contribution in [0.5, 0.6) is 0 Å². The topological polar surface area (TPSA) is 50.8 Å². The van der Waals surface area contributed by atoms with Gasteiger partial charge in [0.2, 0.25) is 0 Å². The molecule has 5 nitrogen and oxygen atoms in total. The minimum absolute atomic E-state index is 0.0331. The third kappa shape index (κ3) is 5.30. The van der Waals surface area contributed by atoms with Crippen LogP contribution >= 0.6 is 27.3 Å². The maximum Gasteiger partial charge on any atom is 0.410 e. The Hall–Kier alpha value is -1.41. The quantitative estimate of drug-likeness (QED) is 0.733. The van der Waals surface area contributed by atoms with Crippen molar-refractivity contribution >= 4 is 33.4 Å². The minimum Gasteiger partial charge on any atom is -0.445 e. The largest absolute Gasteiger partial charge is 0.445 e. The van der Waals surface area contributed by atoms with Crippen molar-refractivity contribution < 1.29 is 14.3 Å². The summed E-state index contributed by atoms with van der Waals surface area (Å²) in [4.78, 5) is 15.3. The van der Waals surface area contributed by atoms with E-state index in [9.17, 15) is 4.79 Å². The predicted octanol–water partition coefficient (Wildman–Crippen LogP) is 4.20. The van der Waals surface area contributed by atoms with E-state index in [1.165, 1.54) is 4.88 Å². The molecule has 0 radical (unpaired) electrons. The van der Waals surface area contributed by atoms with Gasteiger partial charge in [-0.05, 0) is 39.9 Å². The number of hydrogen-bond acceptors (Lipinski definition) is 5. The number of rotatable bonds is 6. The number of amides is 1. The Kier molecular flexibility index (Phi) is 7.07. The maximum absolute atomic E-state index is 12.3. The Balaban J connectivity index is 1.44. The highest BCUT2D eigenvalue weighted by atomic mass is 79.9. The standard InChI is InChI=1S/C19H23BrN2O3S/c1-14(18-17(20)7-10-26-18)21-11-16-12-22(8-9-24-16)19(23)25-13-15-5-3-2-4-6-15/h2-7,10,14,16,21H,8-9,11-13H2,1H3. The van der Waals surface area contributed by atoms with Crippen LogP contribution in [0.15, 0.2) is 46.3 Å². The second-order valence-corrected chi connectivity index (χ2v) is 8.04. The van der Waals surface area contributed by atoms with Crippen molar-refractivity contribution in [1.82, 2.24) is 10.2 Å². The summed E-state index contributed by atoms with van der Waals surface area (Å²) in [7, 11) is 0. The summed E-state index contributed by atoms with van der Waals surface area (Å²) in [5.41, 5.74) is 0.989. The number of benzene rings is 1. The van der Waals surface area contributed by atoms with Crippen LogP contribution in [0.4, 0.5) is 4.79 Å². The van der Waals surface area contributed by atoms with E-state index in [1.54, 1.807) is 16.2 Å². The van der Waals surface area contributed by atoms with Gasteiger partial charge >= 0.3 is 6.09 Å². The second-order valence-electron chi connectivity index (χ2n) is 6.24. The summed E-state index contributed by atoms with van der Waals surface area (Å²) >= 11 is 5.29. The van der Waals surface area contributed by atoms with Crippen LogP contribution in [-0.2, 0) is 16.1 Å². The van der Waals surface area contributed by atoms with Crippen LogP contribution < -0.4 is 5.32 Å². The fourth-order valence-electron chi connectivity index (χ4n) is 2.83. The number of morpholine rings is 1. The first-order valence-corrected chi connectivity index (χ1v) is 10.3. The molecule has 2 atom stereocenters. The molecule has 7 heteroatoms. The first-order valence-electron chi connectivity index (χ1n) is 8.67. The lowest BCUT2D eigenvalue weighted by Crippen LogP contribution is -2.49. The lowest BCUT2D eigenvalue weighted by Gasteiger charge is -2.33. The van der Waals surface area contributed by atoms with Crippen molar-refractivity contribution in [3.05, 3.63) is 56.7 Å². The van der Waals surface area contributed by atoms with E-state index in [1.807, 2.05) is 30.3 Å². The van der Waals surface area contributed by atoms with Gasteiger partial charge in [-0.2, -0.15) is 0 Å². The van der Waals surface area contributed by atoms with Gasteiger partial charge in [-0.25, -0.2) is 4.79 Å². The van der Waals surface area contributed by atoms with E-state index in [2.05, 4.69) is 39.6 Å². The molecule has 2 heterocycles. The fourth-order valence-corrected chi connectivity index (χ4v) is 4.58. The number of nitrogens with one attached hydrogen (secondary N) is 1. The average Bonchev–Trinajstić information content (AvgIpc) is 3.11. The zero-order valence-electron chi connectivity index (χ0n) is 14.7. The van der Waals surface area contributed by atoms with Gasteiger partial charge in [0.25, 0.3) is 0 Å². The summed E-state index contributed by atoms with van der Waals surface area (Å²) in [5, 5.41) is 5.56. The van der Waals surface area contributed by atoms with E-state index in [0.29, 0.717) is 32.8 Å². The van der Waals surface area contributed by atoms with E-state index in [4.69, 9.17) is 9.47 Å². The number of thiophene rings is 1. The molecule has 0 bridgehead atoms. The Bertz CT molecular complexity index is 710. The van der Waals surface area contributed by atoms with Gasteiger partial charge in [-0.15, -0.1) is 11.3 Å².